The highest BCUT2D eigenvalue weighted by Crippen LogP contribution is 2.33. The summed E-state index contributed by atoms with van der Waals surface area (Å²) in [7, 11) is -1.26. The number of benzene rings is 3. The van der Waals surface area contributed by atoms with Crippen molar-refractivity contribution in [3.8, 4) is 0 Å². The summed E-state index contributed by atoms with van der Waals surface area (Å²) in [6, 6.07) is 15.5. The Kier molecular flexibility index (Phi) is 11.1. The van der Waals surface area contributed by atoms with E-state index < -0.39 is 65.6 Å². The van der Waals surface area contributed by atoms with Gasteiger partial charge in [-0.05, 0) is 81.4 Å². The van der Waals surface area contributed by atoms with Gasteiger partial charge in [0, 0.05) is 6.07 Å². The van der Waals surface area contributed by atoms with Crippen molar-refractivity contribution >= 4 is 28.8 Å². The highest BCUT2D eigenvalue weighted by Gasteiger charge is 2.41. The van der Waals surface area contributed by atoms with Crippen LogP contribution in [0.3, 0.4) is 0 Å². The number of carbonyl (C=O) groups excluding carboxylic acids is 3. The minimum atomic E-state index is -4.82. The van der Waals surface area contributed by atoms with Crippen molar-refractivity contribution in [1.82, 2.24) is 0 Å². The van der Waals surface area contributed by atoms with Crippen LogP contribution in [0.25, 0.3) is 0 Å². The van der Waals surface area contributed by atoms with Crippen molar-refractivity contribution in [2.75, 3.05) is 0 Å². The van der Waals surface area contributed by atoms with E-state index in [1.807, 2.05) is 0 Å². The summed E-state index contributed by atoms with van der Waals surface area (Å²) in [6.45, 7) is 1.96. The Morgan fingerprint density at radius 2 is 0.826 bits per heavy atom. The third-order valence-electron chi connectivity index (χ3n) is 6.19. The number of carbonyl (C=O) groups is 3. The van der Waals surface area contributed by atoms with Gasteiger partial charge < -0.3 is 14.2 Å². The van der Waals surface area contributed by atoms with Crippen molar-refractivity contribution in [2.24, 2.45) is 0 Å². The molecule has 3 rings (SSSR count). The number of halogens is 9. The molecule has 0 saturated heterocycles. The molecule has 46 heavy (non-hydrogen) atoms. The third kappa shape index (κ3) is 9.40. The lowest BCUT2D eigenvalue weighted by Crippen LogP contribution is -2.31. The van der Waals surface area contributed by atoms with Crippen LogP contribution in [-0.4, -0.2) is 54.7 Å². The van der Waals surface area contributed by atoms with Gasteiger partial charge in [-0.2, -0.15) is 39.5 Å². The molecule has 0 amide bonds. The SMILES string of the molecule is CC(OC(=O)c1ccc([S+](c2ccc(C(=O)OC(C)C(F)(F)F)cc2)c2cccc(C(=O)OC(C)C(F)(F)F)c2)cc1)C(F)(F)F. The summed E-state index contributed by atoms with van der Waals surface area (Å²) in [4.78, 5) is 38.2. The van der Waals surface area contributed by atoms with Crippen LogP contribution in [-0.2, 0) is 25.1 Å². The predicted molar refractivity (Wildman–Crippen MR) is 144 cm³/mol. The maximum atomic E-state index is 13.0. The molecule has 3 aromatic carbocycles. The first-order valence-electron chi connectivity index (χ1n) is 13.1. The second kappa shape index (κ2) is 14.1. The minimum Gasteiger partial charge on any atom is -0.449 e. The Balaban J connectivity index is 2.00. The zero-order valence-electron chi connectivity index (χ0n) is 23.9. The van der Waals surface area contributed by atoms with Crippen LogP contribution in [0.15, 0.2) is 87.5 Å². The van der Waals surface area contributed by atoms with Gasteiger partial charge in [-0.3, -0.25) is 0 Å². The highest BCUT2D eigenvalue weighted by molar-refractivity contribution is 7.97. The molecule has 3 unspecified atom stereocenters. The molecule has 6 nitrogen and oxygen atoms in total. The molecule has 0 saturated carbocycles. The lowest BCUT2D eigenvalue weighted by Gasteiger charge is -2.17. The average Bonchev–Trinajstić information content (AvgIpc) is 2.96. The number of ether oxygens (including phenoxy) is 3. The standard InChI is InChI=1S/C30H24F9O6S/c1-16(28(31,32)33)43-25(40)19-7-11-22(12-8-19)46(23-13-9-20(10-14-23)26(41)44-17(2)29(34,35)36)24-6-4-5-21(15-24)27(42)45-18(3)30(37,38)39/h4-18H,1-3H3/q+1. The van der Waals surface area contributed by atoms with E-state index in [-0.39, 0.29) is 16.7 Å². The topological polar surface area (TPSA) is 78.9 Å². The van der Waals surface area contributed by atoms with E-state index in [1.165, 1.54) is 72.8 Å². The van der Waals surface area contributed by atoms with Crippen molar-refractivity contribution in [2.45, 2.75) is 72.3 Å². The van der Waals surface area contributed by atoms with Gasteiger partial charge in [-0.25, -0.2) is 14.4 Å². The largest absolute Gasteiger partial charge is 0.449 e. The summed E-state index contributed by atoms with van der Waals surface area (Å²) in [5, 5.41) is 0. The van der Waals surface area contributed by atoms with E-state index in [0.29, 0.717) is 35.5 Å². The Bertz CT molecular complexity index is 1460. The lowest BCUT2D eigenvalue weighted by atomic mass is 10.2. The monoisotopic (exact) mass is 683 g/mol. The summed E-state index contributed by atoms with van der Waals surface area (Å²) >= 11 is 0. The normalized spacial score (nSPS) is 14.9. The van der Waals surface area contributed by atoms with Crippen molar-refractivity contribution in [3.63, 3.8) is 0 Å². The molecule has 0 fully saturated rings. The molecule has 0 spiro atoms. The van der Waals surface area contributed by atoms with E-state index in [0.717, 1.165) is 0 Å². The molecule has 248 valence electrons. The van der Waals surface area contributed by atoms with Crippen LogP contribution in [0.2, 0.25) is 0 Å². The molecular formula is C30H24F9O6S+. The van der Waals surface area contributed by atoms with Gasteiger partial charge in [0.05, 0.1) is 27.6 Å². The van der Waals surface area contributed by atoms with Gasteiger partial charge in [0.1, 0.15) is 0 Å². The van der Waals surface area contributed by atoms with Crippen LogP contribution >= 0.6 is 0 Å². The third-order valence-corrected chi connectivity index (χ3v) is 8.40. The number of alkyl halides is 9. The first kappa shape index (κ1) is 36.3. The zero-order chi connectivity index (χ0) is 34.6. The summed E-state index contributed by atoms with van der Waals surface area (Å²) < 4.78 is 129. The molecular weight excluding hydrogens is 659 g/mol. The molecule has 16 heteroatoms. The van der Waals surface area contributed by atoms with Crippen LogP contribution in [0.4, 0.5) is 39.5 Å². The van der Waals surface area contributed by atoms with Gasteiger partial charge in [0.25, 0.3) is 0 Å². The van der Waals surface area contributed by atoms with E-state index in [2.05, 4.69) is 14.2 Å². The molecule has 0 aromatic heterocycles. The maximum Gasteiger partial charge on any atom is 0.425 e. The summed E-state index contributed by atoms with van der Waals surface area (Å²) in [5.41, 5.74) is -0.730. The van der Waals surface area contributed by atoms with E-state index >= 15 is 0 Å². The maximum absolute atomic E-state index is 13.0. The lowest BCUT2D eigenvalue weighted by molar-refractivity contribution is -0.198. The molecule has 0 heterocycles. The molecule has 0 aliphatic carbocycles. The summed E-state index contributed by atoms with van der Waals surface area (Å²) in [5.74, 6) is -3.82. The second-order valence-corrected chi connectivity index (χ2v) is 11.7. The number of rotatable bonds is 9. The number of esters is 3. The van der Waals surface area contributed by atoms with Crippen molar-refractivity contribution in [1.29, 1.82) is 0 Å². The number of hydrogen-bond acceptors (Lipinski definition) is 6. The first-order chi connectivity index (χ1) is 21.2. The summed E-state index contributed by atoms with van der Waals surface area (Å²) in [6.07, 6.45) is -21.6. The fourth-order valence-corrected chi connectivity index (χ4v) is 5.59. The van der Waals surface area contributed by atoms with Gasteiger partial charge in [-0.1, -0.05) is 6.07 Å². The van der Waals surface area contributed by atoms with Crippen LogP contribution in [0.5, 0.6) is 0 Å². The molecule has 0 N–H and O–H groups in total. The predicted octanol–water partition coefficient (Wildman–Crippen LogP) is 8.10. The average molecular weight is 684 g/mol. The second-order valence-electron chi connectivity index (χ2n) is 9.65. The van der Waals surface area contributed by atoms with Crippen LogP contribution in [0.1, 0.15) is 51.8 Å². The number of hydrogen-bond donors (Lipinski definition) is 0. The quantitative estimate of drug-likeness (QED) is 0.0982. The van der Waals surface area contributed by atoms with Gasteiger partial charge >= 0.3 is 36.4 Å². The van der Waals surface area contributed by atoms with E-state index in [9.17, 15) is 53.9 Å². The molecule has 0 aliphatic heterocycles. The van der Waals surface area contributed by atoms with E-state index in [4.69, 9.17) is 0 Å². The zero-order valence-corrected chi connectivity index (χ0v) is 24.7. The van der Waals surface area contributed by atoms with Crippen LogP contribution < -0.4 is 0 Å². The fraction of sp³-hybridized carbons (Fsp3) is 0.300. The molecule has 0 radical (unpaired) electrons. The van der Waals surface area contributed by atoms with Crippen molar-refractivity contribution < 1.29 is 68.1 Å². The fourth-order valence-electron chi connectivity index (χ4n) is 3.50. The van der Waals surface area contributed by atoms with Crippen LogP contribution in [0, 0.1) is 0 Å². The molecule has 0 bridgehead atoms. The Morgan fingerprint density at radius 1 is 0.500 bits per heavy atom. The van der Waals surface area contributed by atoms with Crippen molar-refractivity contribution in [3.05, 3.63) is 89.5 Å². The molecule has 3 atom stereocenters. The smallest absolute Gasteiger partial charge is 0.425 e. The Labute approximate surface area is 258 Å². The van der Waals surface area contributed by atoms with Gasteiger partial charge in [0.15, 0.2) is 33.0 Å². The first-order valence-corrected chi connectivity index (χ1v) is 14.3. The highest BCUT2D eigenvalue weighted by atomic mass is 32.2. The van der Waals surface area contributed by atoms with Gasteiger partial charge in [0.2, 0.25) is 0 Å². The Morgan fingerprint density at radius 3 is 1.15 bits per heavy atom. The van der Waals surface area contributed by atoms with E-state index in [1.54, 1.807) is 0 Å². The molecule has 3 aromatic rings. The molecule has 0 aliphatic rings. The van der Waals surface area contributed by atoms with Gasteiger partial charge in [-0.15, -0.1) is 0 Å². The Hall–Kier alpha value is -4.21. The minimum absolute atomic E-state index is 0.237.